The van der Waals surface area contributed by atoms with Crippen LogP contribution in [0.4, 0.5) is 5.69 Å². The molecule has 0 aliphatic rings. The second kappa shape index (κ2) is 5.58. The second-order valence-corrected chi connectivity index (χ2v) is 5.26. The highest BCUT2D eigenvalue weighted by atomic mass is 35.5. The minimum atomic E-state index is -0.114. The predicted molar refractivity (Wildman–Crippen MR) is 83.7 cm³/mol. The molecular weight excluding hydrogens is 286 g/mol. The smallest absolute Gasteiger partial charge is 0.228 e. The van der Waals surface area contributed by atoms with Crippen LogP contribution in [0.2, 0.25) is 5.02 Å². The minimum absolute atomic E-state index is 0.114. The Morgan fingerprint density at radius 3 is 2.90 bits per heavy atom. The van der Waals surface area contributed by atoms with Crippen molar-refractivity contribution in [1.29, 1.82) is 0 Å². The van der Waals surface area contributed by atoms with Gasteiger partial charge in [-0.25, -0.2) is 4.98 Å². The van der Waals surface area contributed by atoms with Crippen molar-refractivity contribution in [3.05, 3.63) is 65.1 Å². The molecule has 5 heteroatoms. The Hall–Kier alpha value is -2.33. The molecule has 1 aromatic carbocycles. The molecule has 0 bridgehead atoms. The maximum atomic E-state index is 12.2. The number of hydrogen-bond acceptors (Lipinski definition) is 2. The van der Waals surface area contributed by atoms with Crippen molar-refractivity contribution in [3.63, 3.8) is 0 Å². The van der Waals surface area contributed by atoms with Gasteiger partial charge in [0, 0.05) is 17.4 Å². The number of fused-ring (bicyclic) bond motifs is 1. The van der Waals surface area contributed by atoms with E-state index in [4.69, 9.17) is 11.6 Å². The monoisotopic (exact) mass is 299 g/mol. The molecule has 0 aliphatic heterocycles. The molecule has 0 fully saturated rings. The molecule has 0 radical (unpaired) electrons. The molecule has 3 aromatic rings. The fourth-order valence-electron chi connectivity index (χ4n) is 2.24. The quantitative estimate of drug-likeness (QED) is 0.805. The van der Waals surface area contributed by atoms with Crippen LogP contribution in [0.25, 0.3) is 5.65 Å². The summed E-state index contributed by atoms with van der Waals surface area (Å²) in [5, 5.41) is 3.49. The van der Waals surface area contributed by atoms with E-state index in [0.29, 0.717) is 10.7 Å². The first-order valence-electron chi connectivity index (χ1n) is 6.61. The summed E-state index contributed by atoms with van der Waals surface area (Å²) in [5.41, 5.74) is 3.15. The molecule has 1 N–H and O–H groups in total. The molecule has 4 nitrogen and oxygen atoms in total. The summed E-state index contributed by atoms with van der Waals surface area (Å²) in [6, 6.07) is 11.1. The number of carbonyl (C=O) groups is 1. The number of carbonyl (C=O) groups excluding carboxylic acids is 1. The lowest BCUT2D eigenvalue weighted by molar-refractivity contribution is -0.115. The topological polar surface area (TPSA) is 46.4 Å². The van der Waals surface area contributed by atoms with Crippen LogP contribution in [0.5, 0.6) is 0 Å². The van der Waals surface area contributed by atoms with Gasteiger partial charge in [0.05, 0.1) is 17.8 Å². The van der Waals surface area contributed by atoms with Gasteiger partial charge >= 0.3 is 0 Å². The molecule has 2 aromatic heterocycles. The van der Waals surface area contributed by atoms with Crippen LogP contribution >= 0.6 is 11.6 Å². The molecule has 21 heavy (non-hydrogen) atoms. The van der Waals surface area contributed by atoms with E-state index in [0.717, 1.165) is 16.9 Å². The van der Waals surface area contributed by atoms with Crippen molar-refractivity contribution >= 4 is 28.8 Å². The van der Waals surface area contributed by atoms with Crippen LogP contribution in [0.1, 0.15) is 11.3 Å². The summed E-state index contributed by atoms with van der Waals surface area (Å²) in [6.07, 6.45) is 4.05. The van der Waals surface area contributed by atoms with E-state index >= 15 is 0 Å². The zero-order valence-electron chi connectivity index (χ0n) is 11.5. The highest BCUT2D eigenvalue weighted by molar-refractivity contribution is 6.31. The maximum Gasteiger partial charge on any atom is 0.228 e. The van der Waals surface area contributed by atoms with Crippen LogP contribution < -0.4 is 5.32 Å². The number of benzene rings is 1. The number of nitrogens with one attached hydrogen (secondary N) is 1. The van der Waals surface area contributed by atoms with Crippen molar-refractivity contribution in [2.24, 2.45) is 0 Å². The lowest BCUT2D eigenvalue weighted by atomic mass is 10.1. The Kier molecular flexibility index (Phi) is 3.62. The number of hydrogen-bond donors (Lipinski definition) is 1. The highest BCUT2D eigenvalue weighted by Gasteiger charge is 2.10. The minimum Gasteiger partial charge on any atom is -0.323 e. The van der Waals surface area contributed by atoms with Crippen LogP contribution in [0.3, 0.4) is 0 Å². The zero-order valence-corrected chi connectivity index (χ0v) is 12.3. The number of halogens is 1. The van der Waals surface area contributed by atoms with Gasteiger partial charge in [-0.2, -0.15) is 0 Å². The Morgan fingerprint density at radius 2 is 2.10 bits per heavy atom. The van der Waals surface area contributed by atoms with E-state index in [1.807, 2.05) is 54.0 Å². The summed E-state index contributed by atoms with van der Waals surface area (Å²) < 4.78 is 1.89. The van der Waals surface area contributed by atoms with Crippen molar-refractivity contribution in [2.75, 3.05) is 5.32 Å². The summed E-state index contributed by atoms with van der Waals surface area (Å²) in [7, 11) is 0. The molecule has 0 saturated carbocycles. The maximum absolute atomic E-state index is 12.2. The molecule has 0 spiro atoms. The molecule has 0 atom stereocenters. The lowest BCUT2D eigenvalue weighted by Gasteiger charge is -2.07. The highest BCUT2D eigenvalue weighted by Crippen LogP contribution is 2.19. The first kappa shape index (κ1) is 13.6. The number of aromatic nitrogens is 2. The van der Waals surface area contributed by atoms with Crippen molar-refractivity contribution in [1.82, 2.24) is 9.38 Å². The SMILES string of the molecule is Cc1cn2cccc(NC(=O)Cc3ccccc3Cl)c2n1. The van der Waals surface area contributed by atoms with Crippen molar-refractivity contribution in [3.8, 4) is 0 Å². The number of anilines is 1. The van der Waals surface area contributed by atoms with Gasteiger partial charge in [0.2, 0.25) is 5.91 Å². The van der Waals surface area contributed by atoms with Gasteiger partial charge in [-0.05, 0) is 30.7 Å². The Labute approximate surface area is 127 Å². The van der Waals surface area contributed by atoms with Crippen LogP contribution in [-0.2, 0) is 11.2 Å². The molecule has 1 amide bonds. The molecule has 0 saturated heterocycles. The van der Waals surface area contributed by atoms with Crippen LogP contribution in [0.15, 0.2) is 48.8 Å². The number of rotatable bonds is 3. The molecule has 2 heterocycles. The number of pyridine rings is 1. The van der Waals surface area contributed by atoms with Gasteiger partial charge in [-0.1, -0.05) is 29.8 Å². The average Bonchev–Trinajstić information content (AvgIpc) is 2.83. The standard InChI is InChI=1S/C16H14ClN3O/c1-11-10-20-8-4-7-14(16(20)18-11)19-15(21)9-12-5-2-3-6-13(12)17/h2-8,10H,9H2,1H3,(H,19,21). The number of nitrogens with zero attached hydrogens (tertiary/aromatic N) is 2. The van der Waals surface area contributed by atoms with E-state index in [9.17, 15) is 4.79 Å². The largest absolute Gasteiger partial charge is 0.323 e. The fourth-order valence-corrected chi connectivity index (χ4v) is 2.44. The molecule has 0 aliphatic carbocycles. The number of amides is 1. The van der Waals surface area contributed by atoms with Gasteiger partial charge in [-0.15, -0.1) is 0 Å². The zero-order chi connectivity index (χ0) is 14.8. The summed E-state index contributed by atoms with van der Waals surface area (Å²) >= 11 is 6.07. The normalized spacial score (nSPS) is 10.8. The molecule has 3 rings (SSSR count). The third-order valence-electron chi connectivity index (χ3n) is 3.19. The summed E-state index contributed by atoms with van der Waals surface area (Å²) in [5.74, 6) is -0.114. The van der Waals surface area contributed by atoms with E-state index in [-0.39, 0.29) is 12.3 Å². The summed E-state index contributed by atoms with van der Waals surface area (Å²) in [4.78, 5) is 16.6. The van der Waals surface area contributed by atoms with Gasteiger partial charge in [0.25, 0.3) is 0 Å². The number of aryl methyl sites for hydroxylation is 1. The molecule has 106 valence electrons. The van der Waals surface area contributed by atoms with Crippen molar-refractivity contribution in [2.45, 2.75) is 13.3 Å². The van der Waals surface area contributed by atoms with E-state index < -0.39 is 0 Å². The van der Waals surface area contributed by atoms with Crippen LogP contribution in [-0.4, -0.2) is 15.3 Å². The molecular formula is C16H14ClN3O. The van der Waals surface area contributed by atoms with E-state index in [1.165, 1.54) is 0 Å². The summed E-state index contributed by atoms with van der Waals surface area (Å²) in [6.45, 7) is 1.92. The third kappa shape index (κ3) is 2.90. The van der Waals surface area contributed by atoms with Gasteiger partial charge in [0.1, 0.15) is 0 Å². The van der Waals surface area contributed by atoms with E-state index in [2.05, 4.69) is 10.3 Å². The average molecular weight is 300 g/mol. The predicted octanol–water partition coefficient (Wildman–Crippen LogP) is 3.48. The number of imidazole rings is 1. The van der Waals surface area contributed by atoms with Crippen LogP contribution in [0, 0.1) is 6.92 Å². The van der Waals surface area contributed by atoms with Gasteiger partial charge < -0.3 is 9.72 Å². The first-order chi connectivity index (χ1) is 10.1. The van der Waals surface area contributed by atoms with Gasteiger partial charge in [-0.3, -0.25) is 4.79 Å². The lowest BCUT2D eigenvalue weighted by Crippen LogP contribution is -2.15. The Bertz CT molecular complexity index is 810. The first-order valence-corrected chi connectivity index (χ1v) is 6.99. The Balaban J connectivity index is 1.82. The third-order valence-corrected chi connectivity index (χ3v) is 3.55. The van der Waals surface area contributed by atoms with E-state index in [1.54, 1.807) is 6.07 Å². The van der Waals surface area contributed by atoms with Crippen molar-refractivity contribution < 1.29 is 4.79 Å². The Morgan fingerprint density at radius 1 is 1.29 bits per heavy atom. The second-order valence-electron chi connectivity index (χ2n) is 4.85. The van der Waals surface area contributed by atoms with Gasteiger partial charge in [0.15, 0.2) is 5.65 Å². The fraction of sp³-hybridized carbons (Fsp3) is 0.125. The molecule has 0 unspecified atom stereocenters.